The van der Waals surface area contributed by atoms with Crippen LogP contribution in [-0.4, -0.2) is 37.0 Å². The number of hydrogen-bond acceptors (Lipinski definition) is 2. The highest BCUT2D eigenvalue weighted by Crippen LogP contribution is 2.16. The summed E-state index contributed by atoms with van der Waals surface area (Å²) in [6, 6.07) is 16.7. The van der Waals surface area contributed by atoms with E-state index in [4.69, 9.17) is 0 Å². The number of benzene rings is 2. The molecule has 0 spiro atoms. The molecule has 22 heavy (non-hydrogen) atoms. The largest absolute Gasteiger partial charge is 0.368 e. The van der Waals surface area contributed by atoms with Crippen molar-refractivity contribution in [2.45, 2.75) is 6.42 Å². The molecule has 3 rings (SSSR count). The van der Waals surface area contributed by atoms with Crippen molar-refractivity contribution < 1.29 is 9.18 Å². The highest BCUT2D eigenvalue weighted by molar-refractivity contribution is 5.79. The monoisotopic (exact) mass is 298 g/mol. The SMILES string of the molecule is O=C(Cc1ccccc1F)N1CCN(c2ccccc2)CC1. The van der Waals surface area contributed by atoms with Crippen molar-refractivity contribution in [1.82, 2.24) is 4.90 Å². The highest BCUT2D eigenvalue weighted by Gasteiger charge is 2.21. The van der Waals surface area contributed by atoms with Gasteiger partial charge in [-0.3, -0.25) is 4.79 Å². The second-order valence-corrected chi connectivity index (χ2v) is 5.47. The summed E-state index contributed by atoms with van der Waals surface area (Å²) in [5.41, 5.74) is 1.65. The summed E-state index contributed by atoms with van der Waals surface area (Å²) in [6.45, 7) is 2.99. The Morgan fingerprint density at radius 3 is 2.23 bits per heavy atom. The molecular weight excluding hydrogens is 279 g/mol. The second kappa shape index (κ2) is 6.60. The van der Waals surface area contributed by atoms with E-state index < -0.39 is 0 Å². The predicted molar refractivity (Wildman–Crippen MR) is 85.3 cm³/mol. The van der Waals surface area contributed by atoms with Gasteiger partial charge in [0.15, 0.2) is 0 Å². The average molecular weight is 298 g/mol. The number of piperazine rings is 1. The standard InChI is InChI=1S/C18H19FN2O/c19-17-9-5-4-6-15(17)14-18(22)21-12-10-20(11-13-21)16-7-2-1-3-8-16/h1-9H,10-14H2. The maximum atomic E-state index is 13.6. The van der Waals surface area contributed by atoms with Gasteiger partial charge >= 0.3 is 0 Å². The van der Waals surface area contributed by atoms with Crippen LogP contribution in [0.5, 0.6) is 0 Å². The molecular formula is C18H19FN2O. The smallest absolute Gasteiger partial charge is 0.227 e. The summed E-state index contributed by atoms with van der Waals surface area (Å²) in [6.07, 6.45) is 0.137. The first-order valence-electron chi connectivity index (χ1n) is 7.55. The number of carbonyl (C=O) groups is 1. The van der Waals surface area contributed by atoms with Gasteiger partial charge < -0.3 is 9.80 Å². The summed E-state index contributed by atoms with van der Waals surface area (Å²) in [5, 5.41) is 0. The third-order valence-corrected chi connectivity index (χ3v) is 4.05. The van der Waals surface area contributed by atoms with Crippen LogP contribution >= 0.6 is 0 Å². The van der Waals surface area contributed by atoms with E-state index in [1.54, 1.807) is 18.2 Å². The van der Waals surface area contributed by atoms with Gasteiger partial charge in [0.25, 0.3) is 0 Å². The molecule has 0 saturated carbocycles. The van der Waals surface area contributed by atoms with Crippen molar-refractivity contribution in [3.05, 3.63) is 66.0 Å². The van der Waals surface area contributed by atoms with E-state index in [1.165, 1.54) is 11.8 Å². The van der Waals surface area contributed by atoms with Gasteiger partial charge in [-0.1, -0.05) is 36.4 Å². The molecule has 1 fully saturated rings. The van der Waals surface area contributed by atoms with Gasteiger partial charge in [0.1, 0.15) is 5.82 Å². The summed E-state index contributed by atoms with van der Waals surface area (Å²) in [5.74, 6) is -0.309. The van der Waals surface area contributed by atoms with Crippen LogP contribution in [0.3, 0.4) is 0 Å². The lowest BCUT2D eigenvalue weighted by atomic mass is 10.1. The number of halogens is 1. The molecule has 0 radical (unpaired) electrons. The Bertz CT molecular complexity index is 637. The zero-order chi connectivity index (χ0) is 15.4. The Balaban J connectivity index is 1.57. The zero-order valence-electron chi connectivity index (χ0n) is 12.4. The Morgan fingerprint density at radius 1 is 0.909 bits per heavy atom. The Morgan fingerprint density at radius 2 is 1.55 bits per heavy atom. The van der Waals surface area contributed by atoms with E-state index in [9.17, 15) is 9.18 Å². The van der Waals surface area contributed by atoms with Gasteiger partial charge in [0.2, 0.25) is 5.91 Å². The minimum Gasteiger partial charge on any atom is -0.368 e. The fraction of sp³-hybridized carbons (Fsp3) is 0.278. The number of anilines is 1. The lowest BCUT2D eigenvalue weighted by molar-refractivity contribution is -0.130. The van der Waals surface area contributed by atoms with E-state index in [0.29, 0.717) is 18.7 Å². The molecule has 0 aromatic heterocycles. The molecule has 1 heterocycles. The van der Waals surface area contributed by atoms with Crippen LogP contribution in [0.4, 0.5) is 10.1 Å². The molecule has 1 aliphatic rings. The first kappa shape index (κ1) is 14.6. The molecule has 0 unspecified atom stereocenters. The van der Waals surface area contributed by atoms with Crippen LogP contribution < -0.4 is 4.90 Å². The zero-order valence-corrected chi connectivity index (χ0v) is 12.4. The van der Waals surface area contributed by atoms with E-state index in [1.807, 2.05) is 23.1 Å². The fourth-order valence-corrected chi connectivity index (χ4v) is 2.77. The number of nitrogens with zero attached hydrogens (tertiary/aromatic N) is 2. The minimum atomic E-state index is -0.307. The average Bonchev–Trinajstić information content (AvgIpc) is 2.58. The maximum Gasteiger partial charge on any atom is 0.227 e. The fourth-order valence-electron chi connectivity index (χ4n) is 2.77. The summed E-state index contributed by atoms with van der Waals surface area (Å²) < 4.78 is 13.6. The summed E-state index contributed by atoms with van der Waals surface area (Å²) in [4.78, 5) is 16.4. The number of hydrogen-bond donors (Lipinski definition) is 0. The molecule has 2 aromatic carbocycles. The molecule has 1 amide bonds. The second-order valence-electron chi connectivity index (χ2n) is 5.47. The van der Waals surface area contributed by atoms with Gasteiger partial charge in [0.05, 0.1) is 6.42 Å². The lowest BCUT2D eigenvalue weighted by Crippen LogP contribution is -2.49. The Hall–Kier alpha value is -2.36. The number of rotatable bonds is 3. The molecule has 0 aliphatic carbocycles. The Kier molecular flexibility index (Phi) is 4.37. The van der Waals surface area contributed by atoms with E-state index in [-0.39, 0.29) is 18.1 Å². The molecule has 4 heteroatoms. The first-order valence-corrected chi connectivity index (χ1v) is 7.55. The normalized spacial score (nSPS) is 15.0. The van der Waals surface area contributed by atoms with Gasteiger partial charge in [-0.15, -0.1) is 0 Å². The van der Waals surface area contributed by atoms with Crippen molar-refractivity contribution in [1.29, 1.82) is 0 Å². The molecule has 0 N–H and O–H groups in total. The van der Waals surface area contributed by atoms with Crippen molar-refractivity contribution in [3.8, 4) is 0 Å². The number of para-hydroxylation sites is 1. The van der Waals surface area contributed by atoms with Crippen LogP contribution in [0.25, 0.3) is 0 Å². The van der Waals surface area contributed by atoms with Crippen LogP contribution in [0.2, 0.25) is 0 Å². The molecule has 0 atom stereocenters. The third kappa shape index (κ3) is 3.27. The van der Waals surface area contributed by atoms with Crippen molar-refractivity contribution >= 4 is 11.6 Å². The molecule has 2 aromatic rings. The van der Waals surface area contributed by atoms with Crippen molar-refractivity contribution in [3.63, 3.8) is 0 Å². The molecule has 114 valence electrons. The van der Waals surface area contributed by atoms with Gasteiger partial charge in [-0.05, 0) is 23.8 Å². The minimum absolute atomic E-state index is 0.00203. The van der Waals surface area contributed by atoms with Crippen LogP contribution in [0.15, 0.2) is 54.6 Å². The number of carbonyl (C=O) groups excluding carboxylic acids is 1. The van der Waals surface area contributed by atoms with Crippen LogP contribution in [-0.2, 0) is 11.2 Å². The van der Waals surface area contributed by atoms with Crippen molar-refractivity contribution in [2.75, 3.05) is 31.1 Å². The van der Waals surface area contributed by atoms with Gasteiger partial charge in [-0.25, -0.2) is 4.39 Å². The topological polar surface area (TPSA) is 23.6 Å². The van der Waals surface area contributed by atoms with Crippen LogP contribution in [0.1, 0.15) is 5.56 Å². The third-order valence-electron chi connectivity index (χ3n) is 4.05. The Labute approximate surface area is 130 Å². The highest BCUT2D eigenvalue weighted by atomic mass is 19.1. The lowest BCUT2D eigenvalue weighted by Gasteiger charge is -2.36. The molecule has 3 nitrogen and oxygen atoms in total. The quantitative estimate of drug-likeness (QED) is 0.870. The molecule has 0 bridgehead atoms. The first-order chi connectivity index (χ1) is 10.7. The summed E-state index contributed by atoms with van der Waals surface area (Å²) >= 11 is 0. The van der Waals surface area contributed by atoms with E-state index in [0.717, 1.165) is 13.1 Å². The number of amides is 1. The maximum absolute atomic E-state index is 13.6. The summed E-state index contributed by atoms with van der Waals surface area (Å²) in [7, 11) is 0. The van der Waals surface area contributed by atoms with E-state index in [2.05, 4.69) is 17.0 Å². The van der Waals surface area contributed by atoms with Gasteiger partial charge in [-0.2, -0.15) is 0 Å². The van der Waals surface area contributed by atoms with Gasteiger partial charge in [0, 0.05) is 31.9 Å². The van der Waals surface area contributed by atoms with Crippen LogP contribution in [0, 0.1) is 5.82 Å². The predicted octanol–water partition coefficient (Wildman–Crippen LogP) is 2.72. The van der Waals surface area contributed by atoms with Crippen molar-refractivity contribution in [2.24, 2.45) is 0 Å². The molecule has 1 saturated heterocycles. The van der Waals surface area contributed by atoms with E-state index >= 15 is 0 Å². The molecule has 1 aliphatic heterocycles.